The predicted octanol–water partition coefficient (Wildman–Crippen LogP) is 4.81. The lowest BCUT2D eigenvalue weighted by molar-refractivity contribution is 0.123. The molecular formula is C22H37NO2. The smallest absolute Gasteiger partial charge is 0.118 e. The Kier molecular flexibility index (Phi) is 8.77. The Bertz CT molecular complexity index is 473. The number of rotatable bonds is 11. The van der Waals surface area contributed by atoms with Crippen LogP contribution in [0.1, 0.15) is 70.3 Å². The molecule has 0 aromatic heterocycles. The molecule has 1 fully saturated rings. The van der Waals surface area contributed by atoms with Gasteiger partial charge in [0.05, 0.1) is 13.2 Å². The molecule has 0 unspecified atom stereocenters. The fourth-order valence-electron chi connectivity index (χ4n) is 4.09. The summed E-state index contributed by atoms with van der Waals surface area (Å²) in [7, 11) is 3.88. The third-order valence-corrected chi connectivity index (χ3v) is 5.80. The van der Waals surface area contributed by atoms with Crippen LogP contribution in [-0.4, -0.2) is 42.4 Å². The van der Waals surface area contributed by atoms with Crippen LogP contribution >= 0.6 is 0 Å². The molecule has 3 nitrogen and oxygen atoms in total. The van der Waals surface area contributed by atoms with Crippen molar-refractivity contribution >= 4 is 0 Å². The van der Waals surface area contributed by atoms with Crippen LogP contribution < -0.4 is 4.74 Å². The number of methoxy groups -OCH3 is 1. The van der Waals surface area contributed by atoms with E-state index in [0.29, 0.717) is 6.04 Å². The Labute approximate surface area is 154 Å². The summed E-state index contributed by atoms with van der Waals surface area (Å²) < 4.78 is 5.22. The lowest BCUT2D eigenvalue weighted by atomic mass is 10.0. The Balaban J connectivity index is 1.73. The van der Waals surface area contributed by atoms with Crippen molar-refractivity contribution in [1.82, 2.24) is 4.90 Å². The van der Waals surface area contributed by atoms with Crippen LogP contribution in [0, 0.1) is 0 Å². The van der Waals surface area contributed by atoms with E-state index >= 15 is 0 Å². The van der Waals surface area contributed by atoms with Crippen molar-refractivity contribution in [2.24, 2.45) is 0 Å². The molecule has 1 saturated heterocycles. The van der Waals surface area contributed by atoms with Crippen molar-refractivity contribution in [1.29, 1.82) is 0 Å². The normalized spacial score (nSPS) is 23.9. The Morgan fingerprint density at radius 1 is 1.04 bits per heavy atom. The third kappa shape index (κ3) is 6.31. The Hall–Kier alpha value is -1.06. The first-order valence-electron chi connectivity index (χ1n) is 10.2. The van der Waals surface area contributed by atoms with E-state index in [1.807, 2.05) is 12.1 Å². The molecule has 142 valence electrons. The molecule has 3 heteroatoms. The number of aliphatic hydroxyl groups is 1. The topological polar surface area (TPSA) is 32.7 Å². The van der Waals surface area contributed by atoms with Crippen molar-refractivity contribution in [3.63, 3.8) is 0 Å². The molecule has 2 rings (SSSR count). The molecule has 0 bridgehead atoms. The molecule has 0 aliphatic carbocycles. The molecule has 1 aliphatic rings. The van der Waals surface area contributed by atoms with Gasteiger partial charge in [0.1, 0.15) is 5.75 Å². The number of aliphatic hydroxyl groups excluding tert-OH is 1. The number of likely N-dealkylation sites (N-methyl/N-ethyl adjacent to an activating group) is 1. The van der Waals surface area contributed by atoms with Gasteiger partial charge in [0.15, 0.2) is 0 Å². The predicted molar refractivity (Wildman–Crippen MR) is 105 cm³/mol. The van der Waals surface area contributed by atoms with Gasteiger partial charge in [-0.2, -0.15) is 0 Å². The summed E-state index contributed by atoms with van der Waals surface area (Å²) in [5.74, 6) is 0.890. The summed E-state index contributed by atoms with van der Waals surface area (Å²) in [4.78, 5) is 2.42. The highest BCUT2D eigenvalue weighted by atomic mass is 16.5. The van der Waals surface area contributed by atoms with Gasteiger partial charge in [-0.05, 0) is 44.0 Å². The van der Waals surface area contributed by atoms with Crippen molar-refractivity contribution in [3.05, 3.63) is 29.8 Å². The van der Waals surface area contributed by atoms with Gasteiger partial charge in [-0.1, -0.05) is 64.0 Å². The first kappa shape index (κ1) is 20.3. The minimum absolute atomic E-state index is 0.207. The van der Waals surface area contributed by atoms with Gasteiger partial charge in [0.2, 0.25) is 0 Å². The highest BCUT2D eigenvalue weighted by molar-refractivity contribution is 5.28. The number of ether oxygens (including phenoxy) is 1. The molecule has 1 aromatic carbocycles. The summed E-state index contributed by atoms with van der Waals surface area (Å²) in [6, 6.07) is 9.02. The fourth-order valence-corrected chi connectivity index (χ4v) is 4.09. The van der Waals surface area contributed by atoms with Crippen molar-refractivity contribution in [3.8, 4) is 5.75 Å². The zero-order valence-corrected chi connectivity index (χ0v) is 16.4. The van der Waals surface area contributed by atoms with Crippen LogP contribution in [0.4, 0.5) is 0 Å². The number of hydrogen-bond donors (Lipinski definition) is 1. The molecule has 0 spiro atoms. The average Bonchev–Trinajstić information content (AvgIpc) is 2.89. The maximum absolute atomic E-state index is 10.5. The largest absolute Gasteiger partial charge is 0.497 e. The molecule has 1 N–H and O–H groups in total. The number of hydrogen-bond acceptors (Lipinski definition) is 3. The second-order valence-corrected chi connectivity index (χ2v) is 7.65. The third-order valence-electron chi connectivity index (χ3n) is 5.80. The summed E-state index contributed by atoms with van der Waals surface area (Å²) in [6.07, 6.45) is 12.3. The highest BCUT2D eigenvalue weighted by Crippen LogP contribution is 2.29. The number of benzene rings is 1. The van der Waals surface area contributed by atoms with E-state index in [4.69, 9.17) is 4.74 Å². The number of likely N-dealkylation sites (tertiary alicyclic amines) is 1. The molecule has 25 heavy (non-hydrogen) atoms. The van der Waals surface area contributed by atoms with Gasteiger partial charge >= 0.3 is 0 Å². The highest BCUT2D eigenvalue weighted by Gasteiger charge is 2.37. The second kappa shape index (κ2) is 10.8. The van der Waals surface area contributed by atoms with Crippen LogP contribution in [0.15, 0.2) is 24.3 Å². The first-order chi connectivity index (χ1) is 12.2. The molecule has 1 aliphatic heterocycles. The second-order valence-electron chi connectivity index (χ2n) is 7.65. The summed E-state index contributed by atoms with van der Waals surface area (Å²) in [5.41, 5.74) is 1.27. The van der Waals surface area contributed by atoms with Crippen molar-refractivity contribution in [2.75, 3.05) is 14.2 Å². The van der Waals surface area contributed by atoms with E-state index in [9.17, 15) is 5.11 Å². The van der Waals surface area contributed by atoms with Crippen molar-refractivity contribution in [2.45, 2.75) is 89.3 Å². The first-order valence-corrected chi connectivity index (χ1v) is 10.2. The standard InChI is InChI=1S/C22H37NO2/c1-4-5-6-7-8-9-10-11-19-17-22(24)21(23(19)2)16-18-12-14-20(25-3)15-13-18/h12-15,19,21-22,24H,4-11,16-17H2,1-3H3/t19-,21+,22+/m1/s1. The SMILES string of the molecule is CCCCCCCCC[C@@H]1C[C@H](O)[C@H](Cc2ccc(OC)cc2)N1C. The van der Waals surface area contributed by atoms with Crippen LogP contribution in [0.3, 0.4) is 0 Å². The molecular weight excluding hydrogens is 310 g/mol. The Morgan fingerprint density at radius 3 is 2.32 bits per heavy atom. The van der Waals surface area contributed by atoms with E-state index in [-0.39, 0.29) is 12.1 Å². The Morgan fingerprint density at radius 2 is 1.68 bits per heavy atom. The van der Waals surface area contributed by atoms with E-state index in [2.05, 4.69) is 31.0 Å². The maximum Gasteiger partial charge on any atom is 0.118 e. The monoisotopic (exact) mass is 347 g/mol. The van der Waals surface area contributed by atoms with Gasteiger partial charge < -0.3 is 9.84 Å². The van der Waals surface area contributed by atoms with E-state index < -0.39 is 0 Å². The van der Waals surface area contributed by atoms with Gasteiger partial charge in [-0.25, -0.2) is 0 Å². The quantitative estimate of drug-likeness (QED) is 0.583. The van der Waals surface area contributed by atoms with E-state index in [1.54, 1.807) is 7.11 Å². The van der Waals surface area contributed by atoms with Gasteiger partial charge in [-0.15, -0.1) is 0 Å². The summed E-state index contributed by atoms with van der Waals surface area (Å²) in [6.45, 7) is 2.27. The average molecular weight is 348 g/mol. The lowest BCUT2D eigenvalue weighted by Crippen LogP contribution is -2.37. The van der Waals surface area contributed by atoms with E-state index in [1.165, 1.54) is 56.9 Å². The molecule has 0 radical (unpaired) electrons. The lowest BCUT2D eigenvalue weighted by Gasteiger charge is -2.26. The maximum atomic E-state index is 10.5. The van der Waals surface area contributed by atoms with Gasteiger partial charge in [-0.3, -0.25) is 4.90 Å². The minimum Gasteiger partial charge on any atom is -0.497 e. The number of unbranched alkanes of at least 4 members (excludes halogenated alkanes) is 6. The minimum atomic E-state index is -0.207. The number of nitrogens with zero attached hydrogens (tertiary/aromatic N) is 1. The van der Waals surface area contributed by atoms with Crippen LogP contribution in [0.5, 0.6) is 5.75 Å². The molecule has 1 heterocycles. The fraction of sp³-hybridized carbons (Fsp3) is 0.727. The van der Waals surface area contributed by atoms with E-state index in [0.717, 1.165) is 18.6 Å². The molecule has 1 aromatic rings. The van der Waals surface area contributed by atoms with Crippen molar-refractivity contribution < 1.29 is 9.84 Å². The van der Waals surface area contributed by atoms with Crippen LogP contribution in [0.25, 0.3) is 0 Å². The zero-order valence-electron chi connectivity index (χ0n) is 16.4. The zero-order chi connectivity index (χ0) is 18.1. The molecule has 0 saturated carbocycles. The van der Waals surface area contributed by atoms with Gasteiger partial charge in [0.25, 0.3) is 0 Å². The van der Waals surface area contributed by atoms with Crippen LogP contribution in [0.2, 0.25) is 0 Å². The van der Waals surface area contributed by atoms with Gasteiger partial charge in [0, 0.05) is 12.1 Å². The summed E-state index contributed by atoms with van der Waals surface area (Å²) >= 11 is 0. The van der Waals surface area contributed by atoms with Crippen LogP contribution in [-0.2, 0) is 6.42 Å². The molecule has 0 amide bonds. The summed E-state index contributed by atoms with van der Waals surface area (Å²) in [5, 5.41) is 10.5. The molecule has 3 atom stereocenters.